The van der Waals surface area contributed by atoms with E-state index in [1.807, 2.05) is 20.8 Å². The molecule has 1 heterocycles. The maximum absolute atomic E-state index is 12.4. The molecule has 1 aliphatic heterocycles. The van der Waals surface area contributed by atoms with E-state index in [2.05, 4.69) is 5.32 Å². The van der Waals surface area contributed by atoms with Crippen LogP contribution in [0.1, 0.15) is 33.6 Å². The lowest BCUT2D eigenvalue weighted by atomic mass is 9.92. The molecule has 0 unspecified atom stereocenters. The summed E-state index contributed by atoms with van der Waals surface area (Å²) in [5.74, 6) is 0.00745. The van der Waals surface area contributed by atoms with Crippen LogP contribution in [0.15, 0.2) is 0 Å². The quantitative estimate of drug-likeness (QED) is 0.775. The zero-order valence-electron chi connectivity index (χ0n) is 12.2. The lowest BCUT2D eigenvalue weighted by molar-refractivity contribution is -0.138. The van der Waals surface area contributed by atoms with E-state index in [4.69, 9.17) is 5.73 Å². The fraction of sp³-hybridized carbons (Fsp3) is 0.846. The Morgan fingerprint density at radius 1 is 1.05 bits per heavy atom. The molecule has 0 aliphatic carbocycles. The molecule has 1 fully saturated rings. The molecule has 0 aromatic heterocycles. The summed E-state index contributed by atoms with van der Waals surface area (Å²) in [6, 6.07) is -0.0559. The maximum atomic E-state index is 12.4. The Balaban J connectivity index is 2.54. The number of piperazine rings is 1. The van der Waals surface area contributed by atoms with E-state index in [9.17, 15) is 9.59 Å². The third-order valence-electron chi connectivity index (χ3n) is 3.87. The van der Waals surface area contributed by atoms with Crippen molar-refractivity contribution in [3.8, 4) is 0 Å². The van der Waals surface area contributed by atoms with Gasteiger partial charge < -0.3 is 20.9 Å². The van der Waals surface area contributed by atoms with Gasteiger partial charge in [-0.3, -0.25) is 4.79 Å². The molecule has 19 heavy (non-hydrogen) atoms. The van der Waals surface area contributed by atoms with Crippen LogP contribution in [0.3, 0.4) is 0 Å². The van der Waals surface area contributed by atoms with Crippen LogP contribution in [-0.2, 0) is 4.79 Å². The summed E-state index contributed by atoms with van der Waals surface area (Å²) in [5.41, 5.74) is 5.37. The second kappa shape index (κ2) is 6.75. The molecule has 0 aromatic carbocycles. The number of rotatable bonds is 4. The highest BCUT2D eigenvalue weighted by molar-refractivity contribution is 5.86. The molecule has 0 aromatic rings. The minimum absolute atomic E-state index is 0.00745. The van der Waals surface area contributed by atoms with Gasteiger partial charge in [0.2, 0.25) is 5.91 Å². The average Bonchev–Trinajstić information content (AvgIpc) is 2.46. The second-order valence-corrected chi connectivity index (χ2v) is 4.98. The molecule has 0 radical (unpaired) electrons. The standard InChI is InChI=1S/C13H26N4O2/c1-4-13(14,5-2)11(18)16-7-9-17(10-8-16)12(19)15-6-3/h4-10,14H2,1-3H3,(H,15,19). The minimum atomic E-state index is -0.756. The first-order chi connectivity index (χ1) is 8.98. The number of nitrogens with two attached hydrogens (primary N) is 1. The number of carbonyl (C=O) groups excluding carboxylic acids is 2. The molecule has 0 saturated carbocycles. The van der Waals surface area contributed by atoms with Gasteiger partial charge in [-0.2, -0.15) is 0 Å². The first-order valence-electron chi connectivity index (χ1n) is 7.09. The smallest absolute Gasteiger partial charge is 0.317 e. The second-order valence-electron chi connectivity index (χ2n) is 4.98. The summed E-state index contributed by atoms with van der Waals surface area (Å²) < 4.78 is 0. The number of nitrogens with zero attached hydrogens (tertiary/aromatic N) is 2. The van der Waals surface area contributed by atoms with Crippen LogP contribution in [0.25, 0.3) is 0 Å². The summed E-state index contributed by atoms with van der Waals surface area (Å²) in [5, 5.41) is 2.77. The Morgan fingerprint density at radius 3 is 1.95 bits per heavy atom. The molecule has 0 atom stereocenters. The number of hydrogen-bond donors (Lipinski definition) is 2. The largest absolute Gasteiger partial charge is 0.338 e. The predicted molar refractivity (Wildman–Crippen MR) is 74.7 cm³/mol. The van der Waals surface area contributed by atoms with Crippen LogP contribution in [0.4, 0.5) is 4.79 Å². The predicted octanol–water partition coefficient (Wildman–Crippen LogP) is 0.378. The Kier molecular flexibility index (Phi) is 5.60. The lowest BCUT2D eigenvalue weighted by Gasteiger charge is -2.39. The molecule has 110 valence electrons. The van der Waals surface area contributed by atoms with Crippen molar-refractivity contribution >= 4 is 11.9 Å². The van der Waals surface area contributed by atoms with Crippen LogP contribution in [0, 0.1) is 0 Å². The van der Waals surface area contributed by atoms with Crippen LogP contribution in [0.2, 0.25) is 0 Å². The van der Waals surface area contributed by atoms with Gasteiger partial charge in [0, 0.05) is 32.7 Å². The first-order valence-corrected chi connectivity index (χ1v) is 7.09. The number of amides is 3. The fourth-order valence-electron chi connectivity index (χ4n) is 2.24. The Bertz CT molecular complexity index is 321. The van der Waals surface area contributed by atoms with Gasteiger partial charge in [-0.05, 0) is 19.8 Å². The number of urea groups is 1. The molecule has 1 saturated heterocycles. The Labute approximate surface area is 115 Å². The van der Waals surface area contributed by atoms with Crippen molar-refractivity contribution in [2.45, 2.75) is 39.2 Å². The van der Waals surface area contributed by atoms with Crippen molar-refractivity contribution in [3.05, 3.63) is 0 Å². The summed E-state index contributed by atoms with van der Waals surface area (Å²) >= 11 is 0. The Hall–Kier alpha value is -1.30. The molecular weight excluding hydrogens is 244 g/mol. The molecule has 1 rings (SSSR count). The van der Waals surface area contributed by atoms with Crippen molar-refractivity contribution in [3.63, 3.8) is 0 Å². The van der Waals surface area contributed by atoms with E-state index in [0.29, 0.717) is 45.6 Å². The van der Waals surface area contributed by atoms with Gasteiger partial charge >= 0.3 is 6.03 Å². The highest BCUT2D eigenvalue weighted by Crippen LogP contribution is 2.16. The van der Waals surface area contributed by atoms with Gasteiger partial charge in [0.25, 0.3) is 0 Å². The van der Waals surface area contributed by atoms with E-state index in [1.165, 1.54) is 0 Å². The van der Waals surface area contributed by atoms with E-state index in [0.717, 1.165) is 0 Å². The average molecular weight is 270 g/mol. The first kappa shape index (κ1) is 15.8. The summed E-state index contributed by atoms with van der Waals surface area (Å²) in [4.78, 5) is 27.6. The van der Waals surface area contributed by atoms with Crippen molar-refractivity contribution in [1.29, 1.82) is 0 Å². The third-order valence-corrected chi connectivity index (χ3v) is 3.87. The zero-order valence-corrected chi connectivity index (χ0v) is 12.2. The molecule has 6 heteroatoms. The van der Waals surface area contributed by atoms with Gasteiger partial charge in [0.1, 0.15) is 0 Å². The third kappa shape index (κ3) is 3.59. The van der Waals surface area contributed by atoms with Gasteiger partial charge in [0.05, 0.1) is 5.54 Å². The number of hydrogen-bond acceptors (Lipinski definition) is 3. The molecule has 1 aliphatic rings. The lowest BCUT2D eigenvalue weighted by Crippen LogP contribution is -2.60. The molecule has 3 amide bonds. The SMILES string of the molecule is CCNC(=O)N1CCN(C(=O)C(N)(CC)CC)CC1. The van der Waals surface area contributed by atoms with E-state index < -0.39 is 5.54 Å². The van der Waals surface area contributed by atoms with Crippen molar-refractivity contribution < 1.29 is 9.59 Å². The summed E-state index contributed by atoms with van der Waals surface area (Å²) in [6.07, 6.45) is 1.28. The van der Waals surface area contributed by atoms with Gasteiger partial charge in [-0.25, -0.2) is 4.79 Å². The van der Waals surface area contributed by atoms with Crippen molar-refractivity contribution in [2.75, 3.05) is 32.7 Å². The molecule has 0 spiro atoms. The van der Waals surface area contributed by atoms with E-state index in [-0.39, 0.29) is 11.9 Å². The van der Waals surface area contributed by atoms with Gasteiger partial charge in [-0.1, -0.05) is 13.8 Å². The number of carbonyl (C=O) groups is 2. The van der Waals surface area contributed by atoms with Gasteiger partial charge in [0.15, 0.2) is 0 Å². The monoisotopic (exact) mass is 270 g/mol. The number of nitrogens with one attached hydrogen (secondary N) is 1. The summed E-state index contributed by atoms with van der Waals surface area (Å²) in [6.45, 7) is 8.66. The van der Waals surface area contributed by atoms with Crippen LogP contribution in [-0.4, -0.2) is 60.0 Å². The van der Waals surface area contributed by atoms with Crippen LogP contribution < -0.4 is 11.1 Å². The molecule has 0 bridgehead atoms. The van der Waals surface area contributed by atoms with E-state index >= 15 is 0 Å². The normalized spacial score (nSPS) is 16.4. The highest BCUT2D eigenvalue weighted by atomic mass is 16.2. The molecule has 6 nitrogen and oxygen atoms in total. The van der Waals surface area contributed by atoms with Gasteiger partial charge in [-0.15, -0.1) is 0 Å². The van der Waals surface area contributed by atoms with Crippen molar-refractivity contribution in [2.24, 2.45) is 5.73 Å². The van der Waals surface area contributed by atoms with Crippen LogP contribution in [0.5, 0.6) is 0 Å². The minimum Gasteiger partial charge on any atom is -0.338 e. The Morgan fingerprint density at radius 2 is 1.53 bits per heavy atom. The highest BCUT2D eigenvalue weighted by Gasteiger charge is 2.35. The van der Waals surface area contributed by atoms with Crippen LogP contribution >= 0.6 is 0 Å². The van der Waals surface area contributed by atoms with Crippen molar-refractivity contribution in [1.82, 2.24) is 15.1 Å². The molecular formula is C13H26N4O2. The fourth-order valence-corrected chi connectivity index (χ4v) is 2.24. The topological polar surface area (TPSA) is 78.7 Å². The van der Waals surface area contributed by atoms with E-state index in [1.54, 1.807) is 9.80 Å². The maximum Gasteiger partial charge on any atom is 0.317 e. The summed E-state index contributed by atoms with van der Waals surface area (Å²) in [7, 11) is 0. The molecule has 3 N–H and O–H groups in total. The zero-order chi connectivity index (χ0) is 14.5.